The van der Waals surface area contributed by atoms with Gasteiger partial charge in [-0.15, -0.1) is 0 Å². The zero-order valence-corrected chi connectivity index (χ0v) is 73.7. The van der Waals surface area contributed by atoms with E-state index < -0.39 is 97.5 Å². The summed E-state index contributed by atoms with van der Waals surface area (Å²) in [6, 6.07) is 0. The van der Waals surface area contributed by atoms with Crippen LogP contribution >= 0.6 is 15.6 Å². The monoisotopic (exact) mass is 1590 g/mol. The fraction of sp³-hybridized carbons (Fsp3) is 0.956. The number of ether oxygens (including phenoxy) is 4. The highest BCUT2D eigenvalue weighted by Crippen LogP contribution is 2.45. The lowest BCUT2D eigenvalue weighted by molar-refractivity contribution is -0.161. The molecule has 3 N–H and O–H groups in total. The van der Waals surface area contributed by atoms with E-state index in [1.165, 1.54) is 302 Å². The number of esters is 4. The van der Waals surface area contributed by atoms with Gasteiger partial charge >= 0.3 is 39.5 Å². The molecule has 0 radical (unpaired) electrons. The maximum Gasteiger partial charge on any atom is 0.472 e. The summed E-state index contributed by atoms with van der Waals surface area (Å²) >= 11 is 0. The molecule has 0 amide bonds. The van der Waals surface area contributed by atoms with E-state index in [0.717, 1.165) is 102 Å². The van der Waals surface area contributed by atoms with Crippen LogP contribution in [0.5, 0.6) is 0 Å². The van der Waals surface area contributed by atoms with Crippen molar-refractivity contribution < 1.29 is 80.2 Å². The number of phosphoric acid groups is 2. The van der Waals surface area contributed by atoms with E-state index in [9.17, 15) is 43.2 Å². The second kappa shape index (κ2) is 81.2. The third kappa shape index (κ3) is 82.4. The SMILES string of the molecule is CCCCCCCCCCCCCCCCCCCCCCCC(=O)OC[C@H](COP(=O)(O)OC[C@@H](O)COP(=O)(O)OC[C@@H](COC(=O)CCCCCCCCCCCCCCC)OC(=O)CCCCCCCCCCCCC(C)CC)OC(=O)CCCCCCCCCCCCCCCCCCCCC(C)C. The van der Waals surface area contributed by atoms with Crippen LogP contribution in [0.4, 0.5) is 0 Å². The Morgan fingerprint density at radius 1 is 0.266 bits per heavy atom. The molecule has 0 aliphatic rings. The van der Waals surface area contributed by atoms with Crippen molar-refractivity contribution in [3.05, 3.63) is 0 Å². The first-order valence-electron chi connectivity index (χ1n) is 46.5. The highest BCUT2D eigenvalue weighted by atomic mass is 31.2. The average Bonchev–Trinajstić information content (AvgIpc) is 0.904. The zero-order valence-electron chi connectivity index (χ0n) is 71.9. The first-order chi connectivity index (χ1) is 52.9. The number of rotatable bonds is 89. The van der Waals surface area contributed by atoms with Gasteiger partial charge < -0.3 is 33.8 Å². The van der Waals surface area contributed by atoms with Gasteiger partial charge in [-0.2, -0.15) is 0 Å². The second-order valence-corrected chi connectivity index (χ2v) is 36.0. The lowest BCUT2D eigenvalue weighted by atomic mass is 9.99. The average molecular weight is 1590 g/mol. The summed E-state index contributed by atoms with van der Waals surface area (Å²) in [5.74, 6) is -0.473. The molecule has 0 spiro atoms. The van der Waals surface area contributed by atoms with Crippen molar-refractivity contribution in [2.45, 2.75) is 503 Å². The van der Waals surface area contributed by atoms with E-state index in [0.29, 0.717) is 25.7 Å². The molecule has 109 heavy (non-hydrogen) atoms. The molecule has 0 aliphatic carbocycles. The van der Waals surface area contributed by atoms with E-state index in [1.54, 1.807) is 0 Å². The minimum atomic E-state index is -4.97. The molecule has 6 atom stereocenters. The van der Waals surface area contributed by atoms with E-state index in [1.807, 2.05) is 0 Å². The van der Waals surface area contributed by atoms with Crippen molar-refractivity contribution in [2.24, 2.45) is 11.8 Å². The Labute approximate surface area is 670 Å². The van der Waals surface area contributed by atoms with Crippen LogP contribution in [0.3, 0.4) is 0 Å². The van der Waals surface area contributed by atoms with Crippen molar-refractivity contribution in [1.82, 2.24) is 0 Å². The Bertz CT molecular complexity index is 2080. The molecule has 3 unspecified atom stereocenters. The van der Waals surface area contributed by atoms with Crippen LogP contribution in [-0.2, 0) is 65.4 Å². The molecule has 19 heteroatoms. The van der Waals surface area contributed by atoms with Crippen LogP contribution in [-0.4, -0.2) is 96.7 Å². The van der Waals surface area contributed by atoms with E-state index in [2.05, 4.69) is 41.5 Å². The quantitative estimate of drug-likeness (QED) is 0.0222. The molecule has 0 bridgehead atoms. The zero-order chi connectivity index (χ0) is 79.9. The number of carbonyl (C=O) groups is 4. The minimum Gasteiger partial charge on any atom is -0.462 e. The summed E-state index contributed by atoms with van der Waals surface area (Å²) in [4.78, 5) is 73.4. The molecule has 0 rings (SSSR count). The number of hydrogen-bond donors (Lipinski definition) is 3. The number of aliphatic hydroxyl groups excluding tert-OH is 1. The Morgan fingerprint density at radius 2 is 0.468 bits per heavy atom. The molecule has 0 aliphatic heterocycles. The van der Waals surface area contributed by atoms with E-state index in [4.69, 9.17) is 37.0 Å². The number of aliphatic hydroxyl groups is 1. The van der Waals surface area contributed by atoms with Gasteiger partial charge in [0.05, 0.1) is 26.4 Å². The lowest BCUT2D eigenvalue weighted by Gasteiger charge is -2.21. The molecule has 0 aromatic rings. The fourth-order valence-corrected chi connectivity index (χ4v) is 15.7. The summed E-state index contributed by atoms with van der Waals surface area (Å²) in [6.07, 6.45) is 75.0. The van der Waals surface area contributed by atoms with Crippen molar-refractivity contribution in [3.63, 3.8) is 0 Å². The molecular weight excluding hydrogens is 1410 g/mol. The largest absolute Gasteiger partial charge is 0.472 e. The van der Waals surface area contributed by atoms with Crippen LogP contribution < -0.4 is 0 Å². The van der Waals surface area contributed by atoms with Gasteiger partial charge in [-0.25, -0.2) is 9.13 Å². The van der Waals surface area contributed by atoms with Crippen LogP contribution in [0, 0.1) is 11.8 Å². The van der Waals surface area contributed by atoms with Gasteiger partial charge in [-0.1, -0.05) is 433 Å². The van der Waals surface area contributed by atoms with Crippen molar-refractivity contribution in [2.75, 3.05) is 39.6 Å². The Morgan fingerprint density at radius 3 is 0.697 bits per heavy atom. The number of unbranched alkanes of at least 4 members (excludes halogenated alkanes) is 58. The molecule has 0 saturated carbocycles. The second-order valence-electron chi connectivity index (χ2n) is 33.1. The lowest BCUT2D eigenvalue weighted by Crippen LogP contribution is -2.30. The summed E-state index contributed by atoms with van der Waals surface area (Å²) < 4.78 is 69.0. The Hall–Kier alpha value is -1.94. The molecule has 648 valence electrons. The Balaban J connectivity index is 5.24. The summed E-state index contributed by atoms with van der Waals surface area (Å²) in [6.45, 7) is 9.76. The molecule has 0 aromatic heterocycles. The van der Waals surface area contributed by atoms with E-state index >= 15 is 0 Å². The van der Waals surface area contributed by atoms with E-state index in [-0.39, 0.29) is 25.7 Å². The van der Waals surface area contributed by atoms with Crippen LogP contribution in [0.15, 0.2) is 0 Å². The van der Waals surface area contributed by atoms with Crippen molar-refractivity contribution >= 4 is 39.5 Å². The molecule has 0 saturated heterocycles. The summed E-state index contributed by atoms with van der Waals surface area (Å²) in [7, 11) is -9.93. The van der Waals surface area contributed by atoms with Gasteiger partial charge in [-0.05, 0) is 37.5 Å². The Kier molecular flexibility index (Phi) is 79.8. The number of carbonyl (C=O) groups excluding carboxylic acids is 4. The predicted molar refractivity (Wildman–Crippen MR) is 451 cm³/mol. The van der Waals surface area contributed by atoms with Gasteiger partial charge in [0.1, 0.15) is 19.3 Å². The van der Waals surface area contributed by atoms with Crippen molar-refractivity contribution in [1.29, 1.82) is 0 Å². The molecular formula is C90H176O17P2. The highest BCUT2D eigenvalue weighted by Gasteiger charge is 2.31. The minimum absolute atomic E-state index is 0.107. The normalized spacial score (nSPS) is 14.0. The number of hydrogen-bond acceptors (Lipinski definition) is 15. The van der Waals surface area contributed by atoms with Gasteiger partial charge in [0.15, 0.2) is 12.2 Å². The summed E-state index contributed by atoms with van der Waals surface area (Å²) in [5, 5.41) is 10.7. The van der Waals surface area contributed by atoms with Gasteiger partial charge in [0.25, 0.3) is 0 Å². The van der Waals surface area contributed by atoms with Gasteiger partial charge in [0.2, 0.25) is 0 Å². The maximum absolute atomic E-state index is 13.2. The summed E-state index contributed by atoms with van der Waals surface area (Å²) in [5.41, 5.74) is 0. The van der Waals surface area contributed by atoms with Crippen LogP contribution in [0.2, 0.25) is 0 Å². The highest BCUT2D eigenvalue weighted by molar-refractivity contribution is 7.47. The first kappa shape index (κ1) is 107. The fourth-order valence-electron chi connectivity index (χ4n) is 14.1. The molecule has 17 nitrogen and oxygen atoms in total. The van der Waals surface area contributed by atoms with Gasteiger partial charge in [0, 0.05) is 25.7 Å². The predicted octanol–water partition coefficient (Wildman–Crippen LogP) is 27.8. The van der Waals surface area contributed by atoms with Gasteiger partial charge in [-0.3, -0.25) is 37.3 Å². The molecule has 0 fully saturated rings. The number of phosphoric ester groups is 2. The molecule has 0 heterocycles. The van der Waals surface area contributed by atoms with Crippen LogP contribution in [0.1, 0.15) is 485 Å². The molecule has 0 aromatic carbocycles. The standard InChI is InChI=1S/C90H176O17P2/c1-7-10-12-14-16-18-20-22-23-24-25-26-27-31-34-38-42-49-55-61-67-73-88(93)101-78-85(106-89(94)74-68-62-56-50-43-39-35-32-29-28-30-33-37-40-46-52-58-64-70-82(4)5)80-104-108(96,97)102-76-84(91)77-103-109(98,99)105-81-86(79-100-87(92)72-66-60-54-48-41-36-21-19-17-15-13-11-8-2)107-90(95)75-69-63-57-51-45-44-47-53-59-65-71-83(6)9-3/h82-86,91H,7-81H2,1-6H3,(H,96,97)(H,98,99)/t83?,84-,85-,86-/m1/s1. The smallest absolute Gasteiger partial charge is 0.462 e. The maximum atomic E-state index is 13.2. The first-order valence-corrected chi connectivity index (χ1v) is 49.5. The third-order valence-corrected chi connectivity index (χ3v) is 23.5. The van der Waals surface area contributed by atoms with Crippen LogP contribution in [0.25, 0.3) is 0 Å². The van der Waals surface area contributed by atoms with Crippen molar-refractivity contribution in [3.8, 4) is 0 Å². The third-order valence-electron chi connectivity index (χ3n) is 21.6. The topological polar surface area (TPSA) is 237 Å².